The second-order valence-corrected chi connectivity index (χ2v) is 5.75. The van der Waals surface area contributed by atoms with E-state index in [2.05, 4.69) is 15.1 Å². The van der Waals surface area contributed by atoms with Crippen LogP contribution in [0.5, 0.6) is 0 Å². The predicted molar refractivity (Wildman–Crippen MR) is 92.7 cm³/mol. The number of hydrogen-bond donors (Lipinski definition) is 1. The monoisotopic (exact) mass is 333 g/mol. The molecule has 1 N–H and O–H groups in total. The summed E-state index contributed by atoms with van der Waals surface area (Å²) in [7, 11) is 0. The fourth-order valence-electron chi connectivity index (χ4n) is 2.81. The molecule has 7 nitrogen and oxygen atoms in total. The molecule has 0 unspecified atom stereocenters. The van der Waals surface area contributed by atoms with E-state index in [4.69, 9.17) is 0 Å². The molecule has 0 aliphatic carbocycles. The fourth-order valence-corrected chi connectivity index (χ4v) is 2.81. The van der Waals surface area contributed by atoms with E-state index in [1.54, 1.807) is 10.7 Å². The largest absolute Gasteiger partial charge is 0.328 e. The molecule has 0 saturated heterocycles. The van der Waals surface area contributed by atoms with E-state index < -0.39 is 5.69 Å². The molecule has 4 aromatic rings. The second kappa shape index (κ2) is 6.20. The van der Waals surface area contributed by atoms with Crippen molar-refractivity contribution in [2.45, 2.75) is 13.0 Å². The Morgan fingerprint density at radius 2 is 1.84 bits per heavy atom. The lowest BCUT2D eigenvalue weighted by atomic mass is 10.1. The third kappa shape index (κ3) is 2.99. The molecule has 0 amide bonds. The van der Waals surface area contributed by atoms with E-state index in [-0.39, 0.29) is 12.1 Å². The van der Waals surface area contributed by atoms with Gasteiger partial charge in [-0.2, -0.15) is 5.10 Å². The van der Waals surface area contributed by atoms with Crippen LogP contribution in [-0.4, -0.2) is 24.1 Å². The molecular formula is C18H15N5O2. The minimum absolute atomic E-state index is 0.290. The first-order valence-corrected chi connectivity index (χ1v) is 7.85. The minimum Gasteiger partial charge on any atom is -0.294 e. The Balaban J connectivity index is 1.72. The highest BCUT2D eigenvalue weighted by atomic mass is 16.2. The topological polar surface area (TPSA) is 85.0 Å². The molecule has 0 bridgehead atoms. The maximum atomic E-state index is 12.2. The molecule has 0 aliphatic heterocycles. The maximum absolute atomic E-state index is 12.2. The van der Waals surface area contributed by atoms with Crippen molar-refractivity contribution < 1.29 is 0 Å². The van der Waals surface area contributed by atoms with Gasteiger partial charge >= 0.3 is 5.69 Å². The van der Waals surface area contributed by atoms with Crippen molar-refractivity contribution in [2.75, 3.05) is 0 Å². The van der Waals surface area contributed by atoms with E-state index in [9.17, 15) is 9.59 Å². The summed E-state index contributed by atoms with van der Waals surface area (Å²) in [4.78, 5) is 30.8. The molecule has 0 radical (unpaired) electrons. The summed E-state index contributed by atoms with van der Waals surface area (Å²) >= 11 is 0. The number of aromatic amines is 1. The molecule has 25 heavy (non-hydrogen) atoms. The van der Waals surface area contributed by atoms with Crippen LogP contribution in [0.1, 0.15) is 16.8 Å². The number of fused-ring (bicyclic) bond motifs is 1. The highest BCUT2D eigenvalue weighted by molar-refractivity contribution is 5.37. The van der Waals surface area contributed by atoms with Crippen LogP contribution >= 0.6 is 0 Å². The molecule has 3 aromatic heterocycles. The molecule has 7 heteroatoms. The van der Waals surface area contributed by atoms with Gasteiger partial charge in [0.25, 0.3) is 5.56 Å². The van der Waals surface area contributed by atoms with Gasteiger partial charge in [-0.3, -0.25) is 14.3 Å². The summed E-state index contributed by atoms with van der Waals surface area (Å²) in [5.74, 6) is 0. The molecule has 1 aromatic carbocycles. The zero-order valence-corrected chi connectivity index (χ0v) is 13.3. The quantitative estimate of drug-likeness (QED) is 0.608. The molecule has 0 atom stereocenters. The highest BCUT2D eigenvalue weighted by Crippen LogP contribution is 2.07. The van der Waals surface area contributed by atoms with Gasteiger partial charge in [-0.05, 0) is 17.7 Å². The summed E-state index contributed by atoms with van der Waals surface area (Å²) in [5.41, 5.74) is 2.26. The highest BCUT2D eigenvalue weighted by Gasteiger charge is 2.09. The van der Waals surface area contributed by atoms with Crippen molar-refractivity contribution in [3.05, 3.63) is 98.7 Å². The van der Waals surface area contributed by atoms with E-state index in [0.29, 0.717) is 17.6 Å². The number of H-pyrrole nitrogens is 1. The van der Waals surface area contributed by atoms with Crippen LogP contribution in [0, 0.1) is 0 Å². The summed E-state index contributed by atoms with van der Waals surface area (Å²) < 4.78 is 3.16. The van der Waals surface area contributed by atoms with Gasteiger partial charge in [0.2, 0.25) is 0 Å². The minimum atomic E-state index is -0.445. The normalized spacial score (nSPS) is 11.0. The Kier molecular flexibility index (Phi) is 3.74. The van der Waals surface area contributed by atoms with E-state index in [0.717, 1.165) is 11.3 Å². The molecule has 0 spiro atoms. The van der Waals surface area contributed by atoms with Crippen molar-refractivity contribution in [1.82, 2.24) is 24.1 Å². The van der Waals surface area contributed by atoms with Gasteiger partial charge in [0.05, 0.1) is 12.2 Å². The average molecular weight is 333 g/mol. The second-order valence-electron chi connectivity index (χ2n) is 5.75. The van der Waals surface area contributed by atoms with Gasteiger partial charge < -0.3 is 0 Å². The Morgan fingerprint density at radius 3 is 2.68 bits per heavy atom. The lowest BCUT2D eigenvalue weighted by Crippen LogP contribution is -2.32. The maximum Gasteiger partial charge on any atom is 0.328 e. The number of benzene rings is 1. The molecule has 0 saturated carbocycles. The molecule has 124 valence electrons. The Morgan fingerprint density at radius 1 is 1.00 bits per heavy atom. The van der Waals surface area contributed by atoms with Crippen molar-refractivity contribution in [1.29, 1.82) is 0 Å². The van der Waals surface area contributed by atoms with Gasteiger partial charge in [-0.15, -0.1) is 0 Å². The molecule has 3 heterocycles. The number of aromatic nitrogens is 5. The standard InChI is InChI=1S/C18H15N5O2/c24-17-14(9-13-5-2-1-3-6-13)10-22(18(25)21-17)11-15-7-4-8-16-19-12-20-23(15)16/h1-8,10,12H,9,11H2,(H,21,24,25). The Hall–Kier alpha value is -3.48. The van der Waals surface area contributed by atoms with Crippen LogP contribution in [0.4, 0.5) is 0 Å². The summed E-state index contributed by atoms with van der Waals surface area (Å²) in [5, 5.41) is 4.17. The fraction of sp³-hybridized carbons (Fsp3) is 0.111. The van der Waals surface area contributed by atoms with Crippen molar-refractivity contribution in [3.8, 4) is 0 Å². The van der Waals surface area contributed by atoms with Crippen LogP contribution in [0.25, 0.3) is 5.65 Å². The van der Waals surface area contributed by atoms with Crippen LogP contribution < -0.4 is 11.2 Å². The molecule has 4 rings (SSSR count). The molecule has 0 aliphatic rings. The number of nitrogens with zero attached hydrogens (tertiary/aromatic N) is 4. The third-order valence-electron chi connectivity index (χ3n) is 4.03. The van der Waals surface area contributed by atoms with E-state index in [1.165, 1.54) is 10.9 Å². The van der Waals surface area contributed by atoms with Crippen LogP contribution in [0.15, 0.2) is 70.6 Å². The summed E-state index contributed by atoms with van der Waals surface area (Å²) in [6, 6.07) is 15.2. The first kappa shape index (κ1) is 15.1. The Labute approximate surface area is 142 Å². The smallest absolute Gasteiger partial charge is 0.294 e. The van der Waals surface area contributed by atoms with Crippen molar-refractivity contribution >= 4 is 5.65 Å². The average Bonchev–Trinajstić information content (AvgIpc) is 3.10. The number of rotatable bonds is 4. The zero-order valence-electron chi connectivity index (χ0n) is 13.3. The Bertz CT molecular complexity index is 1140. The lowest BCUT2D eigenvalue weighted by molar-refractivity contribution is 0.675. The number of nitrogens with one attached hydrogen (secondary N) is 1. The van der Waals surface area contributed by atoms with Crippen LogP contribution in [0.3, 0.4) is 0 Å². The number of pyridine rings is 1. The summed E-state index contributed by atoms with van der Waals surface area (Å²) in [6.07, 6.45) is 3.54. The van der Waals surface area contributed by atoms with Crippen molar-refractivity contribution in [3.63, 3.8) is 0 Å². The van der Waals surface area contributed by atoms with Gasteiger partial charge in [0.1, 0.15) is 6.33 Å². The van der Waals surface area contributed by atoms with Crippen LogP contribution in [-0.2, 0) is 13.0 Å². The van der Waals surface area contributed by atoms with E-state index in [1.807, 2.05) is 48.5 Å². The van der Waals surface area contributed by atoms with E-state index >= 15 is 0 Å². The predicted octanol–water partition coefficient (Wildman–Crippen LogP) is 1.22. The van der Waals surface area contributed by atoms with Gasteiger partial charge in [-0.1, -0.05) is 36.4 Å². The number of hydrogen-bond acceptors (Lipinski definition) is 4. The first-order chi connectivity index (χ1) is 12.2. The molecular weight excluding hydrogens is 318 g/mol. The summed E-state index contributed by atoms with van der Waals surface area (Å²) in [6.45, 7) is 0.290. The van der Waals surface area contributed by atoms with Gasteiger partial charge in [0.15, 0.2) is 5.65 Å². The van der Waals surface area contributed by atoms with Gasteiger partial charge in [-0.25, -0.2) is 14.3 Å². The molecule has 0 fully saturated rings. The van der Waals surface area contributed by atoms with Crippen LogP contribution in [0.2, 0.25) is 0 Å². The lowest BCUT2D eigenvalue weighted by Gasteiger charge is -2.09. The first-order valence-electron chi connectivity index (χ1n) is 7.85. The van der Waals surface area contributed by atoms with Gasteiger partial charge in [0, 0.05) is 18.2 Å². The SMILES string of the molecule is O=c1[nH]c(=O)n(Cc2cccc3ncnn23)cc1Cc1ccccc1. The third-order valence-corrected chi connectivity index (χ3v) is 4.03. The van der Waals surface area contributed by atoms with Crippen molar-refractivity contribution in [2.24, 2.45) is 0 Å². The zero-order chi connectivity index (χ0) is 17.2.